The van der Waals surface area contributed by atoms with Crippen molar-refractivity contribution in [2.24, 2.45) is 5.41 Å². The molecular weight excluding hydrogens is 253 g/mol. The van der Waals surface area contributed by atoms with Gasteiger partial charge in [0.05, 0.1) is 5.02 Å². The lowest BCUT2D eigenvalue weighted by atomic mass is 9.61. The lowest BCUT2D eigenvalue weighted by molar-refractivity contribution is -0.0677. The topological polar surface area (TPSA) is 21.3 Å². The number of ether oxygens (including phenoxy) is 1. The molecule has 0 aliphatic heterocycles. The van der Waals surface area contributed by atoms with E-state index in [0.717, 1.165) is 12.8 Å². The van der Waals surface area contributed by atoms with Crippen molar-refractivity contribution in [1.29, 1.82) is 0 Å². The largest absolute Gasteiger partial charge is 0.490 e. The smallest absolute Gasteiger partial charge is 0.142 e. The normalized spacial score (nSPS) is 30.9. The molecule has 0 amide bonds. The Bertz CT molecular complexity index is 440. The maximum absolute atomic E-state index is 13.1. The number of benzene rings is 1. The van der Waals surface area contributed by atoms with Crippen molar-refractivity contribution < 1.29 is 9.13 Å². The van der Waals surface area contributed by atoms with Gasteiger partial charge in [0.2, 0.25) is 0 Å². The van der Waals surface area contributed by atoms with E-state index in [1.54, 1.807) is 12.1 Å². The second kappa shape index (κ2) is 5.06. The van der Waals surface area contributed by atoms with Crippen LogP contribution in [0, 0.1) is 11.2 Å². The highest BCUT2D eigenvalue weighted by molar-refractivity contribution is 6.30. The number of nitrogens with one attached hydrogen (secondary N) is 1. The lowest BCUT2D eigenvalue weighted by Crippen LogP contribution is -2.62. The van der Waals surface area contributed by atoms with E-state index in [-0.39, 0.29) is 16.5 Å². The average Bonchev–Trinajstić information content (AvgIpc) is 2.37. The van der Waals surface area contributed by atoms with Crippen LogP contribution >= 0.6 is 11.6 Å². The van der Waals surface area contributed by atoms with Gasteiger partial charge in [-0.05, 0) is 25.6 Å². The zero-order valence-electron chi connectivity index (χ0n) is 11.0. The Hall–Kier alpha value is -0.800. The fourth-order valence-electron chi connectivity index (χ4n) is 2.64. The second-order valence-electron chi connectivity index (χ2n) is 5.12. The van der Waals surface area contributed by atoms with Crippen molar-refractivity contribution in [2.45, 2.75) is 38.8 Å². The Morgan fingerprint density at radius 2 is 2.28 bits per heavy atom. The van der Waals surface area contributed by atoms with E-state index in [9.17, 15) is 4.39 Å². The molecule has 100 valence electrons. The van der Waals surface area contributed by atoms with Gasteiger partial charge in [-0.25, -0.2) is 4.39 Å². The molecule has 1 aliphatic rings. The van der Waals surface area contributed by atoms with Crippen LogP contribution in [0.3, 0.4) is 0 Å². The summed E-state index contributed by atoms with van der Waals surface area (Å²) < 4.78 is 19.0. The third-order valence-corrected chi connectivity index (χ3v) is 4.55. The van der Waals surface area contributed by atoms with Gasteiger partial charge in [0.25, 0.3) is 0 Å². The monoisotopic (exact) mass is 271 g/mol. The molecular formula is C14H19ClFNO. The van der Waals surface area contributed by atoms with Gasteiger partial charge < -0.3 is 10.1 Å². The Balaban J connectivity index is 2.08. The van der Waals surface area contributed by atoms with Crippen molar-refractivity contribution >= 4 is 11.6 Å². The summed E-state index contributed by atoms with van der Waals surface area (Å²) in [5.74, 6) is 0.226. The van der Waals surface area contributed by atoms with Gasteiger partial charge in [0.1, 0.15) is 17.7 Å². The second-order valence-corrected chi connectivity index (χ2v) is 5.53. The SMILES string of the molecule is CCC1(C)C(NC)CC1Oc1ccc(F)c(Cl)c1. The summed E-state index contributed by atoms with van der Waals surface area (Å²) in [5.41, 5.74) is 0.121. The molecule has 0 aromatic heterocycles. The molecule has 0 heterocycles. The molecule has 1 saturated carbocycles. The average molecular weight is 272 g/mol. The molecule has 18 heavy (non-hydrogen) atoms. The predicted octanol–water partition coefficient (Wildman–Crippen LogP) is 3.63. The molecule has 3 unspecified atom stereocenters. The van der Waals surface area contributed by atoms with Crippen molar-refractivity contribution in [3.8, 4) is 5.75 Å². The Kier molecular flexibility index (Phi) is 3.83. The van der Waals surface area contributed by atoms with Gasteiger partial charge in [-0.15, -0.1) is 0 Å². The highest BCUT2D eigenvalue weighted by atomic mass is 35.5. The van der Waals surface area contributed by atoms with Crippen molar-refractivity contribution in [3.63, 3.8) is 0 Å². The summed E-state index contributed by atoms with van der Waals surface area (Å²) in [4.78, 5) is 0. The number of hydrogen-bond donors (Lipinski definition) is 1. The van der Waals surface area contributed by atoms with Crippen LogP contribution in [-0.2, 0) is 0 Å². The molecule has 1 aliphatic carbocycles. The van der Waals surface area contributed by atoms with Gasteiger partial charge >= 0.3 is 0 Å². The quantitative estimate of drug-likeness (QED) is 0.903. The first-order valence-electron chi connectivity index (χ1n) is 6.30. The first-order valence-corrected chi connectivity index (χ1v) is 6.68. The van der Waals surface area contributed by atoms with Crippen molar-refractivity contribution in [2.75, 3.05) is 7.05 Å². The zero-order valence-corrected chi connectivity index (χ0v) is 11.7. The first kappa shape index (κ1) is 13.6. The van der Waals surface area contributed by atoms with E-state index >= 15 is 0 Å². The molecule has 0 radical (unpaired) electrons. The van der Waals surface area contributed by atoms with E-state index in [4.69, 9.17) is 16.3 Å². The van der Waals surface area contributed by atoms with Crippen LogP contribution in [-0.4, -0.2) is 19.2 Å². The molecule has 4 heteroatoms. The molecule has 3 atom stereocenters. The van der Waals surface area contributed by atoms with Crippen LogP contribution in [0.15, 0.2) is 18.2 Å². The van der Waals surface area contributed by atoms with Crippen molar-refractivity contribution in [1.82, 2.24) is 5.32 Å². The minimum Gasteiger partial charge on any atom is -0.490 e. The van der Waals surface area contributed by atoms with Gasteiger partial charge in [0, 0.05) is 23.9 Å². The van der Waals surface area contributed by atoms with Crippen LogP contribution in [0.2, 0.25) is 5.02 Å². The third-order valence-electron chi connectivity index (χ3n) is 4.26. The van der Waals surface area contributed by atoms with E-state index in [1.165, 1.54) is 6.07 Å². The predicted molar refractivity (Wildman–Crippen MR) is 71.7 cm³/mol. The standard InChI is InChI=1S/C14H19ClFNO/c1-4-14(2)12(17-3)8-13(14)18-9-5-6-11(16)10(15)7-9/h5-7,12-13,17H,4,8H2,1-3H3. The van der Waals surface area contributed by atoms with Crippen LogP contribution in [0.25, 0.3) is 0 Å². The van der Waals surface area contributed by atoms with E-state index < -0.39 is 5.82 Å². The molecule has 0 saturated heterocycles. The number of hydrogen-bond acceptors (Lipinski definition) is 2. The maximum atomic E-state index is 13.1. The van der Waals surface area contributed by atoms with Crippen molar-refractivity contribution in [3.05, 3.63) is 29.0 Å². The molecule has 2 nitrogen and oxygen atoms in total. The molecule has 0 bridgehead atoms. The van der Waals surface area contributed by atoms with E-state index in [1.807, 2.05) is 7.05 Å². The Morgan fingerprint density at radius 3 is 2.83 bits per heavy atom. The Morgan fingerprint density at radius 1 is 1.56 bits per heavy atom. The minimum atomic E-state index is -0.413. The molecule has 1 N–H and O–H groups in total. The summed E-state index contributed by atoms with van der Waals surface area (Å²) >= 11 is 5.75. The zero-order chi connectivity index (χ0) is 13.3. The van der Waals surface area contributed by atoms with Crippen LogP contribution in [0.4, 0.5) is 4.39 Å². The number of halogens is 2. The molecule has 1 aromatic rings. The van der Waals surface area contributed by atoms with Gasteiger partial charge in [-0.1, -0.05) is 25.4 Å². The maximum Gasteiger partial charge on any atom is 0.142 e. The highest BCUT2D eigenvalue weighted by Crippen LogP contribution is 2.46. The number of rotatable bonds is 4. The Labute approximate surface area is 112 Å². The summed E-state index contributed by atoms with van der Waals surface area (Å²) in [6, 6.07) is 4.99. The first-order chi connectivity index (χ1) is 8.51. The van der Waals surface area contributed by atoms with Gasteiger partial charge in [-0.2, -0.15) is 0 Å². The minimum absolute atomic E-state index is 0.107. The fraction of sp³-hybridized carbons (Fsp3) is 0.571. The summed E-state index contributed by atoms with van der Waals surface area (Å²) in [7, 11) is 1.98. The fourth-order valence-corrected chi connectivity index (χ4v) is 2.81. The molecule has 0 spiro atoms. The van der Waals surface area contributed by atoms with Crippen LogP contribution in [0.5, 0.6) is 5.75 Å². The van der Waals surface area contributed by atoms with E-state index in [0.29, 0.717) is 11.8 Å². The highest BCUT2D eigenvalue weighted by Gasteiger charge is 2.51. The van der Waals surface area contributed by atoms with Crippen LogP contribution < -0.4 is 10.1 Å². The van der Waals surface area contributed by atoms with Gasteiger partial charge in [0.15, 0.2) is 0 Å². The lowest BCUT2D eigenvalue weighted by Gasteiger charge is -2.53. The molecule has 1 fully saturated rings. The third kappa shape index (κ3) is 2.21. The van der Waals surface area contributed by atoms with Gasteiger partial charge in [-0.3, -0.25) is 0 Å². The van der Waals surface area contributed by atoms with E-state index in [2.05, 4.69) is 19.2 Å². The van der Waals surface area contributed by atoms with Crippen LogP contribution in [0.1, 0.15) is 26.7 Å². The summed E-state index contributed by atoms with van der Waals surface area (Å²) in [6.07, 6.45) is 2.16. The summed E-state index contributed by atoms with van der Waals surface area (Å²) in [6.45, 7) is 4.38. The molecule has 1 aromatic carbocycles. The molecule has 2 rings (SSSR count). The summed E-state index contributed by atoms with van der Waals surface area (Å²) in [5, 5.41) is 3.42.